The molecule has 0 unspecified atom stereocenters. The van der Waals surface area contributed by atoms with Gasteiger partial charge in [-0.1, -0.05) is 0 Å². The zero-order chi connectivity index (χ0) is 21.2. The van der Waals surface area contributed by atoms with Gasteiger partial charge in [0.25, 0.3) is 5.91 Å². The maximum atomic E-state index is 13.6. The van der Waals surface area contributed by atoms with Crippen molar-refractivity contribution in [3.05, 3.63) is 83.3 Å². The first-order chi connectivity index (χ1) is 13.6. The zero-order valence-electron chi connectivity index (χ0n) is 14.2. The monoisotopic (exact) mass is 412 g/mol. The lowest BCUT2D eigenvalue weighted by molar-refractivity contribution is -0.138. The number of hydrogen-bond donors (Lipinski definition) is 1. The van der Waals surface area contributed by atoms with Crippen LogP contribution in [0.4, 0.5) is 32.0 Å². The minimum Gasteiger partial charge on any atom is -0.438 e. The van der Waals surface area contributed by atoms with Gasteiger partial charge in [0.05, 0.1) is 0 Å². The maximum Gasteiger partial charge on any atom is 0.421 e. The molecule has 0 fully saturated rings. The summed E-state index contributed by atoms with van der Waals surface area (Å²) in [6.07, 6.45) is -3.54. The molecule has 1 aromatic heterocycles. The van der Waals surface area contributed by atoms with Crippen LogP contribution in [0.15, 0.2) is 54.7 Å². The number of benzene rings is 2. The number of pyridine rings is 1. The molecule has 0 radical (unpaired) electrons. The molecular weight excluding hydrogens is 402 g/mol. The van der Waals surface area contributed by atoms with Gasteiger partial charge >= 0.3 is 6.18 Å². The molecule has 0 atom stereocenters. The highest BCUT2D eigenvalue weighted by atomic mass is 19.4. The van der Waals surface area contributed by atoms with Crippen molar-refractivity contribution in [2.75, 3.05) is 5.32 Å². The van der Waals surface area contributed by atoms with E-state index in [1.807, 2.05) is 0 Å². The van der Waals surface area contributed by atoms with E-state index >= 15 is 0 Å². The zero-order valence-corrected chi connectivity index (χ0v) is 14.2. The second kappa shape index (κ2) is 7.82. The second-order valence-electron chi connectivity index (χ2n) is 5.68. The van der Waals surface area contributed by atoms with Crippen molar-refractivity contribution in [1.82, 2.24) is 4.98 Å². The van der Waals surface area contributed by atoms with Crippen molar-refractivity contribution in [1.29, 1.82) is 0 Å². The van der Waals surface area contributed by atoms with Gasteiger partial charge in [0.2, 0.25) is 5.88 Å². The standard InChI is InChI=1S/C19H10F6N2O2/c20-10-8-14(21)16(15(22)9-10)17(28)27-11-3-5-12(6-4-11)29-18-13(19(23,24)25)2-1-7-26-18/h1-9H,(H,27,28). The Hall–Kier alpha value is -3.56. The molecule has 0 aliphatic carbocycles. The van der Waals surface area contributed by atoms with Gasteiger partial charge in [-0.2, -0.15) is 13.2 Å². The van der Waals surface area contributed by atoms with Gasteiger partial charge in [-0.25, -0.2) is 18.2 Å². The van der Waals surface area contributed by atoms with Gasteiger partial charge in [-0.05, 0) is 36.4 Å². The van der Waals surface area contributed by atoms with E-state index in [9.17, 15) is 31.1 Å². The van der Waals surface area contributed by atoms with Gasteiger partial charge in [-0.15, -0.1) is 0 Å². The fourth-order valence-corrected chi connectivity index (χ4v) is 2.36. The first-order valence-electron chi connectivity index (χ1n) is 7.91. The molecule has 3 aromatic rings. The number of nitrogens with zero attached hydrogens (tertiary/aromatic N) is 1. The molecule has 4 nitrogen and oxygen atoms in total. The molecule has 150 valence electrons. The fraction of sp³-hybridized carbons (Fsp3) is 0.0526. The van der Waals surface area contributed by atoms with Crippen LogP contribution in [0.5, 0.6) is 11.6 Å². The third-order valence-corrected chi connectivity index (χ3v) is 3.64. The highest BCUT2D eigenvalue weighted by molar-refractivity contribution is 6.04. The molecule has 1 N–H and O–H groups in total. The smallest absolute Gasteiger partial charge is 0.421 e. The predicted octanol–water partition coefficient (Wildman–Crippen LogP) is 5.56. The van der Waals surface area contributed by atoms with E-state index in [1.54, 1.807) is 0 Å². The van der Waals surface area contributed by atoms with Crippen molar-refractivity contribution in [2.24, 2.45) is 0 Å². The lowest BCUT2D eigenvalue weighted by atomic mass is 10.1. The Morgan fingerprint density at radius 2 is 1.59 bits per heavy atom. The van der Waals surface area contributed by atoms with E-state index in [0.29, 0.717) is 12.1 Å². The summed E-state index contributed by atoms with van der Waals surface area (Å²) in [5.74, 6) is -5.79. The first kappa shape index (κ1) is 20.2. The van der Waals surface area contributed by atoms with E-state index in [0.717, 1.165) is 18.3 Å². The Kier molecular flexibility index (Phi) is 5.44. The van der Waals surface area contributed by atoms with E-state index in [-0.39, 0.29) is 11.4 Å². The first-order valence-corrected chi connectivity index (χ1v) is 7.91. The number of rotatable bonds is 4. The Morgan fingerprint density at radius 1 is 0.966 bits per heavy atom. The van der Waals surface area contributed by atoms with Crippen molar-refractivity contribution in [3.8, 4) is 11.6 Å². The summed E-state index contributed by atoms with van der Waals surface area (Å²) in [7, 11) is 0. The molecule has 29 heavy (non-hydrogen) atoms. The lowest BCUT2D eigenvalue weighted by Crippen LogP contribution is -2.16. The second-order valence-corrected chi connectivity index (χ2v) is 5.68. The number of aromatic nitrogens is 1. The third-order valence-electron chi connectivity index (χ3n) is 3.64. The SMILES string of the molecule is O=C(Nc1ccc(Oc2ncccc2C(F)(F)F)cc1)c1c(F)cc(F)cc1F. The number of carbonyl (C=O) groups is 1. The summed E-state index contributed by atoms with van der Waals surface area (Å²) >= 11 is 0. The number of nitrogens with one attached hydrogen (secondary N) is 1. The summed E-state index contributed by atoms with van der Waals surface area (Å²) in [5.41, 5.74) is -1.97. The van der Waals surface area contributed by atoms with Crippen LogP contribution in [0.2, 0.25) is 0 Å². The molecule has 0 spiro atoms. The minimum absolute atomic E-state index is 0.0219. The average molecular weight is 412 g/mol. The molecule has 0 aliphatic rings. The fourth-order valence-electron chi connectivity index (χ4n) is 2.36. The summed E-state index contributed by atoms with van der Waals surface area (Å²) < 4.78 is 84.2. The third kappa shape index (κ3) is 4.65. The Bertz CT molecular complexity index is 1030. The normalized spacial score (nSPS) is 11.2. The van der Waals surface area contributed by atoms with Gasteiger partial charge < -0.3 is 10.1 Å². The number of alkyl halides is 3. The minimum atomic E-state index is -4.67. The number of amides is 1. The van der Waals surface area contributed by atoms with Crippen molar-refractivity contribution in [2.45, 2.75) is 6.18 Å². The Labute approximate surface area is 159 Å². The van der Waals surface area contributed by atoms with Crippen LogP contribution in [0.3, 0.4) is 0 Å². The summed E-state index contributed by atoms with van der Waals surface area (Å²) in [6, 6.07) is 7.57. The van der Waals surface area contributed by atoms with Crippen LogP contribution in [0.25, 0.3) is 0 Å². The number of anilines is 1. The molecule has 0 bridgehead atoms. The number of halogens is 6. The molecule has 10 heteroatoms. The predicted molar refractivity (Wildman–Crippen MR) is 90.0 cm³/mol. The average Bonchev–Trinajstić information content (AvgIpc) is 2.62. The van der Waals surface area contributed by atoms with Crippen LogP contribution in [-0.2, 0) is 6.18 Å². The molecule has 2 aromatic carbocycles. The molecule has 3 rings (SSSR count). The molecule has 1 amide bonds. The molecule has 1 heterocycles. The van der Waals surface area contributed by atoms with Crippen LogP contribution < -0.4 is 10.1 Å². The quantitative estimate of drug-likeness (QED) is 0.571. The summed E-state index contributed by atoms with van der Waals surface area (Å²) in [4.78, 5) is 15.6. The van der Waals surface area contributed by atoms with Gasteiger partial charge in [0.1, 0.15) is 34.3 Å². The number of hydrogen-bond acceptors (Lipinski definition) is 3. The Morgan fingerprint density at radius 3 is 2.17 bits per heavy atom. The summed E-state index contributed by atoms with van der Waals surface area (Å²) in [6.45, 7) is 0. The molecule has 0 aliphatic heterocycles. The highest BCUT2D eigenvalue weighted by Crippen LogP contribution is 2.36. The highest BCUT2D eigenvalue weighted by Gasteiger charge is 2.35. The molecular formula is C19H10F6N2O2. The van der Waals surface area contributed by atoms with Crippen LogP contribution in [0.1, 0.15) is 15.9 Å². The van der Waals surface area contributed by atoms with Gasteiger partial charge in [-0.3, -0.25) is 4.79 Å². The van der Waals surface area contributed by atoms with E-state index in [2.05, 4.69) is 10.3 Å². The van der Waals surface area contributed by atoms with Crippen molar-refractivity contribution in [3.63, 3.8) is 0 Å². The summed E-state index contributed by atoms with van der Waals surface area (Å²) in [5, 5.41) is 2.19. The Balaban J connectivity index is 1.76. The van der Waals surface area contributed by atoms with E-state index in [1.165, 1.54) is 24.3 Å². The van der Waals surface area contributed by atoms with Gasteiger partial charge in [0, 0.05) is 24.0 Å². The molecule has 0 saturated carbocycles. The largest absolute Gasteiger partial charge is 0.438 e. The molecule has 0 saturated heterocycles. The number of carbonyl (C=O) groups excluding carboxylic acids is 1. The van der Waals surface area contributed by atoms with E-state index in [4.69, 9.17) is 4.74 Å². The van der Waals surface area contributed by atoms with Crippen LogP contribution in [0, 0.1) is 17.5 Å². The maximum absolute atomic E-state index is 13.6. The lowest BCUT2D eigenvalue weighted by Gasteiger charge is -2.12. The van der Waals surface area contributed by atoms with Crippen LogP contribution in [-0.4, -0.2) is 10.9 Å². The van der Waals surface area contributed by atoms with E-state index < -0.39 is 46.5 Å². The van der Waals surface area contributed by atoms with Crippen LogP contribution >= 0.6 is 0 Å². The number of ether oxygens (including phenoxy) is 1. The van der Waals surface area contributed by atoms with Crippen molar-refractivity contribution >= 4 is 11.6 Å². The van der Waals surface area contributed by atoms with Crippen molar-refractivity contribution < 1.29 is 35.9 Å². The topological polar surface area (TPSA) is 51.2 Å². The van der Waals surface area contributed by atoms with Gasteiger partial charge in [0.15, 0.2) is 0 Å².